The van der Waals surface area contributed by atoms with Crippen LogP contribution in [-0.4, -0.2) is 17.1 Å². The van der Waals surface area contributed by atoms with Crippen molar-refractivity contribution in [3.63, 3.8) is 0 Å². The first-order valence-corrected chi connectivity index (χ1v) is 8.18. The van der Waals surface area contributed by atoms with Gasteiger partial charge in [-0.15, -0.1) is 0 Å². The molecule has 2 aromatic carbocycles. The van der Waals surface area contributed by atoms with E-state index < -0.39 is 22.7 Å². The Morgan fingerprint density at radius 3 is 2.73 bits per heavy atom. The number of anilines is 1. The van der Waals surface area contributed by atoms with Crippen molar-refractivity contribution < 1.29 is 19.2 Å². The second kappa shape index (κ2) is 5.96. The Kier molecular flexibility index (Phi) is 3.73. The van der Waals surface area contributed by atoms with Crippen molar-refractivity contribution >= 4 is 17.5 Å². The van der Waals surface area contributed by atoms with Gasteiger partial charge < -0.3 is 9.47 Å². The van der Waals surface area contributed by atoms with E-state index in [-0.39, 0.29) is 11.8 Å². The number of nitrogens with one attached hydrogen (secondary N) is 1. The fraction of sp³-hybridized carbons (Fsp3) is 0.211. The number of rotatable bonds is 4. The summed E-state index contributed by atoms with van der Waals surface area (Å²) < 4.78 is 11.6. The van der Waals surface area contributed by atoms with Crippen molar-refractivity contribution in [3.05, 3.63) is 81.9 Å². The Morgan fingerprint density at radius 2 is 2.00 bits per heavy atom. The zero-order chi connectivity index (χ0) is 18.3. The molecule has 132 valence electrons. The first-order valence-electron chi connectivity index (χ1n) is 8.18. The SMILES string of the molecule is CC(OC(=O)Nc1ccc([N+](=O)[O-])cc1)C12C=CC(O1)c1ccccc12. The van der Waals surface area contributed by atoms with E-state index in [9.17, 15) is 14.9 Å². The highest BCUT2D eigenvalue weighted by Crippen LogP contribution is 2.52. The summed E-state index contributed by atoms with van der Waals surface area (Å²) >= 11 is 0. The van der Waals surface area contributed by atoms with Gasteiger partial charge in [-0.2, -0.15) is 0 Å². The van der Waals surface area contributed by atoms with E-state index in [2.05, 4.69) is 5.32 Å². The maximum Gasteiger partial charge on any atom is 0.412 e. The quantitative estimate of drug-likeness (QED) is 0.509. The summed E-state index contributed by atoms with van der Waals surface area (Å²) in [5, 5.41) is 13.3. The minimum Gasteiger partial charge on any atom is -0.442 e. The third kappa shape index (κ3) is 2.53. The molecule has 0 saturated heterocycles. The molecule has 2 bridgehead atoms. The fourth-order valence-electron chi connectivity index (χ4n) is 3.45. The highest BCUT2D eigenvalue weighted by molar-refractivity contribution is 5.85. The van der Waals surface area contributed by atoms with Gasteiger partial charge in [-0.25, -0.2) is 4.79 Å². The number of nitro groups is 1. The molecule has 1 amide bonds. The Hall–Kier alpha value is -3.19. The van der Waals surface area contributed by atoms with E-state index in [0.29, 0.717) is 5.69 Å². The largest absolute Gasteiger partial charge is 0.442 e. The number of nitro benzene ring substituents is 1. The molecule has 2 aliphatic rings. The van der Waals surface area contributed by atoms with Crippen LogP contribution in [0.15, 0.2) is 60.7 Å². The number of carbonyl (C=O) groups excluding carboxylic acids is 1. The van der Waals surface area contributed by atoms with Crippen molar-refractivity contribution in [1.29, 1.82) is 0 Å². The first kappa shape index (κ1) is 16.3. The van der Waals surface area contributed by atoms with Crippen molar-refractivity contribution in [2.24, 2.45) is 0 Å². The number of hydrogen-bond donors (Lipinski definition) is 1. The minimum absolute atomic E-state index is 0.0470. The molecule has 2 aromatic rings. The van der Waals surface area contributed by atoms with Gasteiger partial charge in [0.15, 0.2) is 0 Å². The predicted molar refractivity (Wildman–Crippen MR) is 93.7 cm³/mol. The molecule has 3 atom stereocenters. The minimum atomic E-state index is -0.784. The molecule has 4 rings (SSSR count). The number of nitrogens with zero attached hydrogens (tertiary/aromatic N) is 1. The monoisotopic (exact) mass is 352 g/mol. The molecule has 0 spiro atoms. The number of non-ortho nitro benzene ring substituents is 1. The smallest absolute Gasteiger partial charge is 0.412 e. The lowest BCUT2D eigenvalue weighted by atomic mass is 9.84. The van der Waals surface area contributed by atoms with Gasteiger partial charge in [-0.3, -0.25) is 15.4 Å². The Morgan fingerprint density at radius 1 is 1.27 bits per heavy atom. The summed E-state index contributed by atoms with van der Waals surface area (Å²) in [6.07, 6.45) is 2.59. The molecule has 0 aliphatic carbocycles. The summed E-state index contributed by atoms with van der Waals surface area (Å²) in [6, 6.07) is 13.4. The predicted octanol–water partition coefficient (Wildman–Crippen LogP) is 4.07. The molecule has 7 heteroatoms. The molecule has 1 N–H and O–H groups in total. The summed E-state index contributed by atoms with van der Waals surface area (Å²) in [4.78, 5) is 22.4. The van der Waals surface area contributed by atoms with Crippen LogP contribution in [0.2, 0.25) is 0 Å². The zero-order valence-electron chi connectivity index (χ0n) is 13.9. The summed E-state index contributed by atoms with van der Waals surface area (Å²) in [7, 11) is 0. The highest BCUT2D eigenvalue weighted by Gasteiger charge is 2.51. The molecule has 0 saturated carbocycles. The Bertz CT molecular complexity index is 908. The maximum absolute atomic E-state index is 12.2. The maximum atomic E-state index is 12.2. The summed E-state index contributed by atoms with van der Waals surface area (Å²) in [5.41, 5.74) is 1.67. The number of amides is 1. The molecule has 0 fully saturated rings. The van der Waals surface area contributed by atoms with Gasteiger partial charge in [0.25, 0.3) is 5.69 Å². The van der Waals surface area contributed by atoms with Gasteiger partial charge in [0.1, 0.15) is 17.8 Å². The zero-order valence-corrected chi connectivity index (χ0v) is 13.9. The van der Waals surface area contributed by atoms with Gasteiger partial charge in [-0.05, 0) is 36.3 Å². The van der Waals surface area contributed by atoms with E-state index in [4.69, 9.17) is 9.47 Å². The molecule has 3 unspecified atom stereocenters. The van der Waals surface area contributed by atoms with Crippen LogP contribution in [0.25, 0.3) is 0 Å². The summed E-state index contributed by atoms with van der Waals surface area (Å²) in [6.45, 7) is 1.78. The molecule has 26 heavy (non-hydrogen) atoms. The lowest BCUT2D eigenvalue weighted by Gasteiger charge is -2.30. The van der Waals surface area contributed by atoms with Crippen LogP contribution in [0.4, 0.5) is 16.2 Å². The molecule has 7 nitrogen and oxygen atoms in total. The molecule has 0 aromatic heterocycles. The molecule has 2 heterocycles. The van der Waals surface area contributed by atoms with Crippen molar-refractivity contribution in [2.45, 2.75) is 24.7 Å². The van der Waals surface area contributed by atoms with Gasteiger partial charge >= 0.3 is 6.09 Å². The van der Waals surface area contributed by atoms with E-state index >= 15 is 0 Å². The third-order valence-corrected chi connectivity index (χ3v) is 4.74. The topological polar surface area (TPSA) is 90.7 Å². The van der Waals surface area contributed by atoms with Gasteiger partial charge in [-0.1, -0.05) is 30.3 Å². The van der Waals surface area contributed by atoms with Crippen LogP contribution in [0.1, 0.15) is 24.2 Å². The number of fused-ring (bicyclic) bond motifs is 5. The standard InChI is InChI=1S/C19H16N2O5/c1-12(19-11-10-17(26-19)15-4-2-3-5-16(15)19)25-18(22)20-13-6-8-14(9-7-13)21(23)24/h2-12,17H,1H3,(H,20,22). The lowest BCUT2D eigenvalue weighted by molar-refractivity contribution is -0.384. The van der Waals surface area contributed by atoms with Crippen molar-refractivity contribution in [3.8, 4) is 0 Å². The van der Waals surface area contributed by atoms with Crippen molar-refractivity contribution in [2.75, 3.05) is 5.32 Å². The van der Waals surface area contributed by atoms with Crippen LogP contribution in [0.5, 0.6) is 0 Å². The van der Waals surface area contributed by atoms with Crippen LogP contribution in [0, 0.1) is 10.1 Å². The van der Waals surface area contributed by atoms with Crippen LogP contribution in [-0.2, 0) is 15.1 Å². The Balaban J connectivity index is 1.47. The van der Waals surface area contributed by atoms with Crippen LogP contribution >= 0.6 is 0 Å². The third-order valence-electron chi connectivity index (χ3n) is 4.74. The highest BCUT2D eigenvalue weighted by atomic mass is 16.6. The van der Waals surface area contributed by atoms with Gasteiger partial charge in [0.2, 0.25) is 0 Å². The van der Waals surface area contributed by atoms with Gasteiger partial charge in [0.05, 0.1) is 4.92 Å². The first-order chi connectivity index (χ1) is 12.5. The molecule has 2 aliphatic heterocycles. The van der Waals surface area contributed by atoms with E-state index in [1.165, 1.54) is 24.3 Å². The number of benzene rings is 2. The van der Waals surface area contributed by atoms with Crippen LogP contribution < -0.4 is 5.32 Å². The lowest BCUT2D eigenvalue weighted by Crippen LogP contribution is -2.38. The number of ether oxygens (including phenoxy) is 2. The summed E-state index contributed by atoms with van der Waals surface area (Å²) in [5.74, 6) is 0. The molecular weight excluding hydrogens is 336 g/mol. The van der Waals surface area contributed by atoms with E-state index in [1.807, 2.05) is 36.4 Å². The number of hydrogen-bond acceptors (Lipinski definition) is 5. The Labute approximate surface area is 149 Å². The fourth-order valence-corrected chi connectivity index (χ4v) is 3.45. The van der Waals surface area contributed by atoms with E-state index in [0.717, 1.165) is 11.1 Å². The average Bonchev–Trinajstić information content (AvgIpc) is 3.21. The van der Waals surface area contributed by atoms with Crippen LogP contribution in [0.3, 0.4) is 0 Å². The molecular formula is C19H16N2O5. The van der Waals surface area contributed by atoms with E-state index in [1.54, 1.807) is 6.92 Å². The molecule has 0 radical (unpaired) electrons. The number of carbonyl (C=O) groups is 1. The second-order valence-corrected chi connectivity index (χ2v) is 6.25. The second-order valence-electron chi connectivity index (χ2n) is 6.25. The van der Waals surface area contributed by atoms with Gasteiger partial charge in [0, 0.05) is 17.8 Å². The van der Waals surface area contributed by atoms with Crippen molar-refractivity contribution in [1.82, 2.24) is 0 Å². The normalized spacial score (nSPS) is 23.3. The average molecular weight is 352 g/mol.